The second-order valence-electron chi connectivity index (χ2n) is 3.48. The molecule has 0 atom stereocenters. The van der Waals surface area contributed by atoms with Crippen LogP contribution in [0.15, 0.2) is 18.2 Å². The lowest BCUT2D eigenvalue weighted by molar-refractivity contribution is 0.111. The molecule has 1 aromatic heterocycles. The third kappa shape index (κ3) is 2.45. The number of tetrazole rings is 1. The van der Waals surface area contributed by atoms with E-state index in [1.54, 1.807) is 25.2 Å². The summed E-state index contributed by atoms with van der Waals surface area (Å²) in [6.07, 6.45) is 0.710. The van der Waals surface area contributed by atoms with E-state index in [-0.39, 0.29) is 6.61 Å². The molecule has 2 rings (SSSR count). The molecule has 0 aliphatic carbocycles. The van der Waals surface area contributed by atoms with Crippen LogP contribution in [0.1, 0.15) is 16.2 Å². The number of nitrogens with zero attached hydrogens (tertiary/aromatic N) is 4. The molecular weight excluding hydrogens is 236 g/mol. The lowest BCUT2D eigenvalue weighted by Gasteiger charge is -2.10. The van der Waals surface area contributed by atoms with Crippen molar-refractivity contribution < 1.29 is 14.3 Å². The standard InChI is InChI=1S/C11H12N4O3/c1-15-13-10(12-14-15)7-18-11-8(6-16)4-3-5-9(11)17-2/h3-6H,7H2,1-2H3. The van der Waals surface area contributed by atoms with Gasteiger partial charge in [-0.05, 0) is 17.3 Å². The highest BCUT2D eigenvalue weighted by atomic mass is 16.5. The van der Waals surface area contributed by atoms with Gasteiger partial charge in [-0.2, -0.15) is 4.80 Å². The van der Waals surface area contributed by atoms with E-state index in [2.05, 4.69) is 15.4 Å². The molecule has 0 bridgehead atoms. The summed E-state index contributed by atoms with van der Waals surface area (Å²) >= 11 is 0. The van der Waals surface area contributed by atoms with Crippen LogP contribution in [0.5, 0.6) is 11.5 Å². The Kier molecular flexibility index (Phi) is 3.52. The van der Waals surface area contributed by atoms with Gasteiger partial charge in [0.15, 0.2) is 24.4 Å². The van der Waals surface area contributed by atoms with Crippen molar-refractivity contribution in [3.05, 3.63) is 29.6 Å². The van der Waals surface area contributed by atoms with Crippen LogP contribution in [0.4, 0.5) is 0 Å². The van der Waals surface area contributed by atoms with Crippen LogP contribution in [-0.2, 0) is 13.7 Å². The Morgan fingerprint density at radius 3 is 2.89 bits per heavy atom. The van der Waals surface area contributed by atoms with Crippen molar-refractivity contribution in [3.63, 3.8) is 0 Å². The van der Waals surface area contributed by atoms with Gasteiger partial charge in [0.25, 0.3) is 0 Å². The van der Waals surface area contributed by atoms with Gasteiger partial charge in [0.05, 0.1) is 19.7 Å². The van der Waals surface area contributed by atoms with Gasteiger partial charge in [0, 0.05) is 0 Å². The fraction of sp³-hybridized carbons (Fsp3) is 0.273. The van der Waals surface area contributed by atoms with Crippen LogP contribution < -0.4 is 9.47 Å². The first-order chi connectivity index (χ1) is 8.74. The van der Waals surface area contributed by atoms with Gasteiger partial charge in [-0.1, -0.05) is 6.07 Å². The number of carbonyl (C=O) groups excluding carboxylic acids is 1. The third-order valence-corrected chi connectivity index (χ3v) is 2.25. The summed E-state index contributed by atoms with van der Waals surface area (Å²) in [5.41, 5.74) is 0.415. The summed E-state index contributed by atoms with van der Waals surface area (Å²) in [6.45, 7) is 0.120. The van der Waals surface area contributed by atoms with E-state index in [9.17, 15) is 4.79 Å². The van der Waals surface area contributed by atoms with Gasteiger partial charge < -0.3 is 9.47 Å². The van der Waals surface area contributed by atoms with Crippen molar-refractivity contribution in [2.75, 3.05) is 7.11 Å². The second-order valence-corrected chi connectivity index (χ2v) is 3.48. The molecule has 1 aromatic carbocycles. The molecule has 0 unspecified atom stereocenters. The molecule has 0 N–H and O–H groups in total. The van der Waals surface area contributed by atoms with E-state index >= 15 is 0 Å². The zero-order valence-electron chi connectivity index (χ0n) is 10.0. The highest BCUT2D eigenvalue weighted by molar-refractivity contribution is 5.81. The van der Waals surface area contributed by atoms with Gasteiger partial charge >= 0.3 is 0 Å². The number of carbonyl (C=O) groups is 1. The first kappa shape index (κ1) is 12.0. The Hall–Kier alpha value is -2.44. The minimum absolute atomic E-state index is 0.120. The molecule has 7 nitrogen and oxygen atoms in total. The Morgan fingerprint density at radius 2 is 2.28 bits per heavy atom. The number of aldehydes is 1. The Morgan fingerprint density at radius 1 is 1.44 bits per heavy atom. The highest BCUT2D eigenvalue weighted by Gasteiger charge is 2.11. The summed E-state index contributed by atoms with van der Waals surface area (Å²) in [6, 6.07) is 5.08. The number of para-hydroxylation sites is 1. The molecule has 0 aliphatic heterocycles. The second kappa shape index (κ2) is 5.26. The molecule has 0 saturated heterocycles. The predicted molar refractivity (Wildman–Crippen MR) is 61.5 cm³/mol. The van der Waals surface area contributed by atoms with Gasteiger partial charge in [0.1, 0.15) is 0 Å². The maximum Gasteiger partial charge on any atom is 0.212 e. The first-order valence-electron chi connectivity index (χ1n) is 5.22. The fourth-order valence-corrected chi connectivity index (χ4v) is 1.46. The number of aryl methyl sites for hydroxylation is 1. The average molecular weight is 248 g/mol. The maximum atomic E-state index is 10.9. The quantitative estimate of drug-likeness (QED) is 0.721. The van der Waals surface area contributed by atoms with Gasteiger partial charge in [-0.15, -0.1) is 10.2 Å². The van der Waals surface area contributed by atoms with Gasteiger partial charge in [0.2, 0.25) is 5.82 Å². The van der Waals surface area contributed by atoms with Crippen LogP contribution in [-0.4, -0.2) is 33.6 Å². The highest BCUT2D eigenvalue weighted by Crippen LogP contribution is 2.30. The van der Waals surface area contributed by atoms with E-state index in [0.29, 0.717) is 29.2 Å². The van der Waals surface area contributed by atoms with Crippen LogP contribution >= 0.6 is 0 Å². The molecule has 2 aromatic rings. The Labute approximate surface area is 103 Å². The predicted octanol–water partition coefficient (Wildman–Crippen LogP) is 0.610. The lowest BCUT2D eigenvalue weighted by atomic mass is 10.2. The minimum atomic E-state index is 0.120. The van der Waals surface area contributed by atoms with E-state index in [0.717, 1.165) is 0 Å². The summed E-state index contributed by atoms with van der Waals surface area (Å²) in [7, 11) is 3.17. The smallest absolute Gasteiger partial charge is 0.212 e. The normalized spacial score (nSPS) is 10.1. The lowest BCUT2D eigenvalue weighted by Crippen LogP contribution is -2.02. The molecule has 7 heteroatoms. The van der Waals surface area contributed by atoms with Crippen molar-refractivity contribution in [2.24, 2.45) is 7.05 Å². The summed E-state index contributed by atoms with van der Waals surface area (Å²) in [5.74, 6) is 1.30. The van der Waals surface area contributed by atoms with Crippen molar-refractivity contribution in [1.82, 2.24) is 20.2 Å². The molecule has 94 valence electrons. The monoisotopic (exact) mass is 248 g/mol. The number of hydrogen-bond acceptors (Lipinski definition) is 6. The van der Waals surface area contributed by atoms with Crippen LogP contribution in [0, 0.1) is 0 Å². The number of ether oxygens (including phenoxy) is 2. The molecule has 18 heavy (non-hydrogen) atoms. The molecule has 0 aliphatic rings. The van der Waals surface area contributed by atoms with Crippen molar-refractivity contribution in [1.29, 1.82) is 0 Å². The first-order valence-corrected chi connectivity index (χ1v) is 5.22. The van der Waals surface area contributed by atoms with Crippen molar-refractivity contribution in [2.45, 2.75) is 6.61 Å². The molecule has 0 radical (unpaired) electrons. The van der Waals surface area contributed by atoms with Crippen molar-refractivity contribution >= 4 is 6.29 Å². The summed E-state index contributed by atoms with van der Waals surface area (Å²) in [4.78, 5) is 12.3. The Balaban J connectivity index is 2.19. The molecule has 0 saturated carbocycles. The third-order valence-electron chi connectivity index (χ3n) is 2.25. The van der Waals surface area contributed by atoms with Crippen LogP contribution in [0.2, 0.25) is 0 Å². The molecule has 0 amide bonds. The van der Waals surface area contributed by atoms with Crippen LogP contribution in [0.3, 0.4) is 0 Å². The van der Waals surface area contributed by atoms with Gasteiger partial charge in [-0.25, -0.2) is 0 Å². The zero-order valence-corrected chi connectivity index (χ0v) is 10.0. The number of aromatic nitrogens is 4. The molecule has 0 spiro atoms. The fourth-order valence-electron chi connectivity index (χ4n) is 1.46. The number of rotatable bonds is 5. The van der Waals surface area contributed by atoms with E-state index in [4.69, 9.17) is 9.47 Å². The zero-order chi connectivity index (χ0) is 13.0. The largest absolute Gasteiger partial charge is 0.493 e. The minimum Gasteiger partial charge on any atom is -0.493 e. The molecule has 1 heterocycles. The number of benzene rings is 1. The summed E-state index contributed by atoms with van der Waals surface area (Å²) < 4.78 is 10.7. The van der Waals surface area contributed by atoms with Crippen molar-refractivity contribution in [3.8, 4) is 11.5 Å². The van der Waals surface area contributed by atoms with Gasteiger partial charge in [-0.3, -0.25) is 4.79 Å². The maximum absolute atomic E-state index is 10.9. The molecule has 0 fully saturated rings. The number of methoxy groups -OCH3 is 1. The van der Waals surface area contributed by atoms with E-state index in [1.807, 2.05) is 0 Å². The SMILES string of the molecule is COc1cccc(C=O)c1OCc1nnn(C)n1. The topological polar surface area (TPSA) is 79.1 Å². The van der Waals surface area contributed by atoms with Crippen LogP contribution in [0.25, 0.3) is 0 Å². The molecular formula is C11H12N4O3. The Bertz CT molecular complexity index is 553. The number of hydrogen-bond donors (Lipinski definition) is 0. The van der Waals surface area contributed by atoms with E-state index < -0.39 is 0 Å². The average Bonchev–Trinajstić information content (AvgIpc) is 2.81. The van der Waals surface area contributed by atoms with E-state index in [1.165, 1.54) is 11.9 Å². The summed E-state index contributed by atoms with van der Waals surface area (Å²) in [5, 5.41) is 11.5.